The molecule has 5 heteroatoms. The summed E-state index contributed by atoms with van der Waals surface area (Å²) >= 11 is 0. The molecule has 1 aromatic heterocycles. The van der Waals surface area contributed by atoms with E-state index >= 15 is 0 Å². The smallest absolute Gasteiger partial charge is 0.220 e. The molecule has 2 aromatic rings. The van der Waals surface area contributed by atoms with E-state index in [4.69, 9.17) is 0 Å². The Kier molecular flexibility index (Phi) is 5.09. The number of nitrogens with one attached hydrogen (secondary N) is 2. The molecule has 0 radical (unpaired) electrons. The molecule has 0 aliphatic carbocycles. The Hall–Kier alpha value is -2.17. The van der Waals surface area contributed by atoms with E-state index in [2.05, 4.69) is 15.3 Å². The van der Waals surface area contributed by atoms with Crippen molar-refractivity contribution in [1.82, 2.24) is 15.3 Å². The van der Waals surface area contributed by atoms with E-state index in [0.717, 1.165) is 17.1 Å². The zero-order chi connectivity index (χ0) is 15.2. The number of nitrogens with zero attached hydrogens (tertiary/aromatic N) is 1. The first-order valence-corrected chi connectivity index (χ1v) is 7.04. The quantitative estimate of drug-likeness (QED) is 0.859. The van der Waals surface area contributed by atoms with Crippen LogP contribution in [0, 0.1) is 18.7 Å². The van der Waals surface area contributed by atoms with Crippen molar-refractivity contribution < 1.29 is 9.18 Å². The van der Waals surface area contributed by atoms with Crippen LogP contribution in [-0.4, -0.2) is 15.9 Å². The zero-order valence-electron chi connectivity index (χ0n) is 12.3. The summed E-state index contributed by atoms with van der Waals surface area (Å²) < 4.78 is 13.1. The van der Waals surface area contributed by atoms with Gasteiger partial charge in [-0.15, -0.1) is 0 Å². The molecule has 21 heavy (non-hydrogen) atoms. The monoisotopic (exact) mass is 289 g/mol. The molecule has 112 valence electrons. The largest absolute Gasteiger partial charge is 0.349 e. The van der Waals surface area contributed by atoms with Crippen LogP contribution in [0.2, 0.25) is 0 Å². The third-order valence-corrected chi connectivity index (χ3v) is 3.22. The molecule has 4 nitrogen and oxygen atoms in total. The van der Waals surface area contributed by atoms with Crippen molar-refractivity contribution in [3.8, 4) is 0 Å². The number of carbonyl (C=O) groups is 1. The Labute approximate surface area is 123 Å². The fourth-order valence-electron chi connectivity index (χ4n) is 2.27. The second kappa shape index (κ2) is 7.02. The summed E-state index contributed by atoms with van der Waals surface area (Å²) in [5.41, 5.74) is 1.88. The highest BCUT2D eigenvalue weighted by Crippen LogP contribution is 2.13. The minimum Gasteiger partial charge on any atom is -0.349 e. The topological polar surface area (TPSA) is 57.8 Å². The van der Waals surface area contributed by atoms with Crippen LogP contribution in [0.4, 0.5) is 4.39 Å². The highest BCUT2D eigenvalue weighted by molar-refractivity contribution is 5.76. The van der Waals surface area contributed by atoms with Crippen molar-refractivity contribution in [3.63, 3.8) is 0 Å². The SMILES string of the molecule is Cc1cnc(CNC(=O)CC(C)Cc2cccc(F)c2)[nH]1. The van der Waals surface area contributed by atoms with E-state index in [9.17, 15) is 9.18 Å². The molecule has 0 bridgehead atoms. The Morgan fingerprint density at radius 2 is 2.29 bits per heavy atom. The van der Waals surface area contributed by atoms with Crippen molar-refractivity contribution in [1.29, 1.82) is 0 Å². The number of halogens is 1. The number of H-pyrrole nitrogens is 1. The van der Waals surface area contributed by atoms with Gasteiger partial charge in [0.05, 0.1) is 6.54 Å². The molecule has 1 aromatic carbocycles. The van der Waals surface area contributed by atoms with Gasteiger partial charge in [0.25, 0.3) is 0 Å². The molecule has 0 aliphatic rings. The Morgan fingerprint density at radius 3 is 2.95 bits per heavy atom. The van der Waals surface area contributed by atoms with Crippen molar-refractivity contribution in [3.05, 3.63) is 53.4 Å². The highest BCUT2D eigenvalue weighted by Gasteiger charge is 2.10. The molecule has 1 atom stereocenters. The summed E-state index contributed by atoms with van der Waals surface area (Å²) in [6.07, 6.45) is 2.83. The number of rotatable bonds is 6. The number of aromatic amines is 1. The molecular weight excluding hydrogens is 269 g/mol. The minimum atomic E-state index is -0.239. The van der Waals surface area contributed by atoms with Gasteiger partial charge in [-0.05, 0) is 37.0 Å². The summed E-state index contributed by atoms with van der Waals surface area (Å²) in [4.78, 5) is 19.1. The molecule has 2 rings (SSSR count). The molecule has 0 saturated heterocycles. The van der Waals surface area contributed by atoms with Gasteiger partial charge < -0.3 is 10.3 Å². The zero-order valence-corrected chi connectivity index (χ0v) is 12.3. The number of amides is 1. The van der Waals surface area contributed by atoms with Crippen LogP contribution in [-0.2, 0) is 17.8 Å². The van der Waals surface area contributed by atoms with Gasteiger partial charge in [-0.2, -0.15) is 0 Å². The lowest BCUT2D eigenvalue weighted by Crippen LogP contribution is -2.25. The fourth-order valence-corrected chi connectivity index (χ4v) is 2.27. The van der Waals surface area contributed by atoms with E-state index in [0.29, 0.717) is 19.4 Å². The van der Waals surface area contributed by atoms with Crippen LogP contribution in [0.25, 0.3) is 0 Å². The summed E-state index contributed by atoms with van der Waals surface area (Å²) in [5, 5.41) is 2.83. The average Bonchev–Trinajstić information content (AvgIpc) is 2.82. The van der Waals surface area contributed by atoms with E-state index in [1.54, 1.807) is 12.3 Å². The fraction of sp³-hybridized carbons (Fsp3) is 0.375. The molecule has 1 amide bonds. The number of imidazole rings is 1. The number of hydrogen-bond acceptors (Lipinski definition) is 2. The number of carbonyl (C=O) groups excluding carboxylic acids is 1. The molecule has 0 spiro atoms. The first-order chi connectivity index (χ1) is 10.0. The Balaban J connectivity index is 1.76. The number of hydrogen-bond donors (Lipinski definition) is 2. The standard InChI is InChI=1S/C16H20FN3O/c1-11(6-13-4-3-5-14(17)8-13)7-16(21)19-10-15-18-9-12(2)20-15/h3-5,8-9,11H,6-7,10H2,1-2H3,(H,18,20)(H,19,21). The molecule has 0 saturated carbocycles. The van der Waals surface area contributed by atoms with Crippen LogP contribution in [0.3, 0.4) is 0 Å². The second-order valence-corrected chi connectivity index (χ2v) is 5.43. The van der Waals surface area contributed by atoms with Crippen LogP contribution in [0.15, 0.2) is 30.5 Å². The Morgan fingerprint density at radius 1 is 1.48 bits per heavy atom. The lowest BCUT2D eigenvalue weighted by atomic mass is 9.98. The minimum absolute atomic E-state index is 0.0204. The molecule has 1 unspecified atom stereocenters. The van der Waals surface area contributed by atoms with Gasteiger partial charge in [0, 0.05) is 18.3 Å². The second-order valence-electron chi connectivity index (χ2n) is 5.43. The van der Waals surface area contributed by atoms with Crippen molar-refractivity contribution in [2.45, 2.75) is 33.2 Å². The number of aromatic nitrogens is 2. The van der Waals surface area contributed by atoms with Gasteiger partial charge in [0.2, 0.25) is 5.91 Å². The van der Waals surface area contributed by atoms with Gasteiger partial charge in [0.1, 0.15) is 11.6 Å². The van der Waals surface area contributed by atoms with Crippen molar-refractivity contribution in [2.24, 2.45) is 5.92 Å². The van der Waals surface area contributed by atoms with Gasteiger partial charge in [0.15, 0.2) is 0 Å². The summed E-state index contributed by atoms with van der Waals surface area (Å²) in [5.74, 6) is 0.647. The van der Waals surface area contributed by atoms with Gasteiger partial charge in [-0.1, -0.05) is 19.1 Å². The molecule has 0 fully saturated rings. The lowest BCUT2D eigenvalue weighted by molar-refractivity contribution is -0.122. The number of benzene rings is 1. The predicted octanol–water partition coefficient (Wildman–Crippen LogP) is 2.74. The van der Waals surface area contributed by atoms with Gasteiger partial charge in [-0.3, -0.25) is 4.79 Å². The molecule has 2 N–H and O–H groups in total. The third kappa shape index (κ3) is 5.02. The van der Waals surface area contributed by atoms with Crippen LogP contribution < -0.4 is 5.32 Å². The van der Waals surface area contributed by atoms with Gasteiger partial charge >= 0.3 is 0 Å². The van der Waals surface area contributed by atoms with Gasteiger partial charge in [-0.25, -0.2) is 9.37 Å². The Bertz CT molecular complexity index is 609. The molecule has 1 heterocycles. The van der Waals surface area contributed by atoms with E-state index in [1.807, 2.05) is 19.9 Å². The molecular formula is C16H20FN3O. The van der Waals surface area contributed by atoms with Crippen LogP contribution in [0.5, 0.6) is 0 Å². The van der Waals surface area contributed by atoms with Crippen LogP contribution in [0.1, 0.15) is 30.4 Å². The summed E-state index contributed by atoms with van der Waals surface area (Å²) in [6, 6.07) is 6.51. The number of aryl methyl sites for hydroxylation is 1. The van der Waals surface area contributed by atoms with E-state index in [-0.39, 0.29) is 17.6 Å². The first kappa shape index (κ1) is 15.2. The van der Waals surface area contributed by atoms with Crippen molar-refractivity contribution in [2.75, 3.05) is 0 Å². The maximum absolute atomic E-state index is 13.1. The van der Waals surface area contributed by atoms with Crippen molar-refractivity contribution >= 4 is 5.91 Å². The first-order valence-electron chi connectivity index (χ1n) is 7.04. The lowest BCUT2D eigenvalue weighted by Gasteiger charge is -2.11. The third-order valence-electron chi connectivity index (χ3n) is 3.22. The normalized spacial score (nSPS) is 12.1. The maximum atomic E-state index is 13.1. The molecule has 0 aliphatic heterocycles. The summed E-state index contributed by atoms with van der Waals surface area (Å²) in [6.45, 7) is 4.31. The van der Waals surface area contributed by atoms with E-state index in [1.165, 1.54) is 12.1 Å². The van der Waals surface area contributed by atoms with Crippen LogP contribution >= 0.6 is 0 Å². The predicted molar refractivity (Wildman–Crippen MR) is 79.1 cm³/mol. The maximum Gasteiger partial charge on any atom is 0.220 e. The summed E-state index contributed by atoms with van der Waals surface area (Å²) in [7, 11) is 0. The highest BCUT2D eigenvalue weighted by atomic mass is 19.1. The van der Waals surface area contributed by atoms with E-state index < -0.39 is 0 Å². The average molecular weight is 289 g/mol.